The molecule has 0 amide bonds. The van der Waals surface area contributed by atoms with Crippen molar-refractivity contribution in [1.29, 1.82) is 0 Å². The molecule has 0 atom stereocenters. The summed E-state index contributed by atoms with van der Waals surface area (Å²) in [5, 5.41) is 2.85. The predicted molar refractivity (Wildman–Crippen MR) is 95.8 cm³/mol. The standard InChI is InChI=1S/C20H17NS/c1-2-21-15-9-5-3-7-13(15)19-16(21)11-12-18-20(19)14-8-4-6-10-17(14)22-18/h3-10H,2,11-12H2,1H3. The highest BCUT2D eigenvalue weighted by Crippen LogP contribution is 2.47. The van der Waals surface area contributed by atoms with E-state index in [0.29, 0.717) is 0 Å². The number of hydrogen-bond donors (Lipinski definition) is 0. The molecule has 2 heteroatoms. The number of thiophene rings is 1. The monoisotopic (exact) mass is 303 g/mol. The van der Waals surface area contributed by atoms with Crippen molar-refractivity contribution < 1.29 is 0 Å². The summed E-state index contributed by atoms with van der Waals surface area (Å²) in [5.74, 6) is 0. The zero-order chi connectivity index (χ0) is 14.7. The van der Waals surface area contributed by atoms with E-state index in [0.717, 1.165) is 13.0 Å². The SMILES string of the molecule is CCn1c2c(c3ccccc31)-c1c(sc3ccccc13)CC2. The third-order valence-corrected chi connectivity index (χ3v) is 6.13. The van der Waals surface area contributed by atoms with Gasteiger partial charge in [0.1, 0.15) is 0 Å². The van der Waals surface area contributed by atoms with E-state index in [2.05, 4.69) is 60.0 Å². The van der Waals surface area contributed by atoms with Gasteiger partial charge in [0, 0.05) is 49.2 Å². The van der Waals surface area contributed by atoms with Gasteiger partial charge in [-0.2, -0.15) is 0 Å². The van der Waals surface area contributed by atoms with Crippen LogP contribution in [0.4, 0.5) is 0 Å². The summed E-state index contributed by atoms with van der Waals surface area (Å²) in [6, 6.07) is 17.8. The molecule has 2 aromatic carbocycles. The average molecular weight is 303 g/mol. The zero-order valence-electron chi connectivity index (χ0n) is 12.6. The highest BCUT2D eigenvalue weighted by atomic mass is 32.1. The van der Waals surface area contributed by atoms with Crippen molar-refractivity contribution in [3.8, 4) is 11.1 Å². The molecular weight excluding hydrogens is 286 g/mol. The highest BCUT2D eigenvalue weighted by Gasteiger charge is 2.26. The van der Waals surface area contributed by atoms with Crippen molar-refractivity contribution in [2.75, 3.05) is 0 Å². The largest absolute Gasteiger partial charge is 0.344 e. The van der Waals surface area contributed by atoms with E-state index in [4.69, 9.17) is 0 Å². The van der Waals surface area contributed by atoms with Crippen LogP contribution in [0.3, 0.4) is 0 Å². The summed E-state index contributed by atoms with van der Waals surface area (Å²) in [6.45, 7) is 3.31. The summed E-state index contributed by atoms with van der Waals surface area (Å²) in [7, 11) is 0. The smallest absolute Gasteiger partial charge is 0.0488 e. The summed E-state index contributed by atoms with van der Waals surface area (Å²) >= 11 is 1.98. The zero-order valence-corrected chi connectivity index (χ0v) is 13.4. The second-order valence-corrected chi connectivity index (χ2v) is 7.12. The number of fused-ring (bicyclic) bond motifs is 7. The summed E-state index contributed by atoms with van der Waals surface area (Å²) in [6.07, 6.45) is 2.34. The number of benzene rings is 2. The summed E-state index contributed by atoms with van der Waals surface area (Å²) in [5.41, 5.74) is 5.92. The van der Waals surface area contributed by atoms with Crippen LogP contribution in [0.25, 0.3) is 32.1 Å². The second kappa shape index (κ2) is 4.47. The molecule has 0 bridgehead atoms. The molecule has 4 aromatic rings. The first-order chi connectivity index (χ1) is 10.9. The van der Waals surface area contributed by atoms with E-state index in [9.17, 15) is 0 Å². The first-order valence-electron chi connectivity index (χ1n) is 7.99. The normalized spacial score (nSPS) is 13.5. The van der Waals surface area contributed by atoms with Crippen LogP contribution in [0.1, 0.15) is 17.5 Å². The third kappa shape index (κ3) is 1.48. The van der Waals surface area contributed by atoms with E-state index in [1.807, 2.05) is 11.3 Å². The molecule has 1 nitrogen and oxygen atoms in total. The fourth-order valence-electron chi connectivity index (χ4n) is 4.03. The van der Waals surface area contributed by atoms with Gasteiger partial charge in [0.25, 0.3) is 0 Å². The van der Waals surface area contributed by atoms with E-state index in [-0.39, 0.29) is 0 Å². The van der Waals surface area contributed by atoms with Crippen molar-refractivity contribution in [2.24, 2.45) is 0 Å². The lowest BCUT2D eigenvalue weighted by molar-refractivity contribution is 0.728. The molecule has 2 aromatic heterocycles. The van der Waals surface area contributed by atoms with Gasteiger partial charge in [0.05, 0.1) is 0 Å². The fourth-order valence-corrected chi connectivity index (χ4v) is 5.24. The Morgan fingerprint density at radius 1 is 0.909 bits per heavy atom. The van der Waals surface area contributed by atoms with Crippen LogP contribution < -0.4 is 0 Å². The van der Waals surface area contributed by atoms with Crippen molar-refractivity contribution in [1.82, 2.24) is 4.57 Å². The van der Waals surface area contributed by atoms with Gasteiger partial charge in [-0.25, -0.2) is 0 Å². The molecule has 0 spiro atoms. The predicted octanol–water partition coefficient (Wildman–Crippen LogP) is 5.64. The Kier molecular flexibility index (Phi) is 2.53. The summed E-state index contributed by atoms with van der Waals surface area (Å²) < 4.78 is 3.94. The Morgan fingerprint density at radius 3 is 2.55 bits per heavy atom. The minimum atomic E-state index is 1.05. The maximum absolute atomic E-state index is 2.51. The fraction of sp³-hybridized carbons (Fsp3) is 0.200. The van der Waals surface area contributed by atoms with Crippen LogP contribution in [-0.4, -0.2) is 4.57 Å². The molecular formula is C20H17NS. The number of rotatable bonds is 1. The van der Waals surface area contributed by atoms with Crippen LogP contribution in [0, 0.1) is 0 Å². The van der Waals surface area contributed by atoms with Crippen LogP contribution in [-0.2, 0) is 19.4 Å². The Bertz CT molecular complexity index is 1020. The Morgan fingerprint density at radius 2 is 1.68 bits per heavy atom. The molecule has 22 heavy (non-hydrogen) atoms. The lowest BCUT2D eigenvalue weighted by Gasteiger charge is -2.16. The quantitative estimate of drug-likeness (QED) is 0.429. The maximum Gasteiger partial charge on any atom is 0.0488 e. The lowest BCUT2D eigenvalue weighted by Crippen LogP contribution is -2.06. The minimum absolute atomic E-state index is 1.05. The number of aromatic nitrogens is 1. The van der Waals surface area contributed by atoms with Gasteiger partial charge in [-0.3, -0.25) is 0 Å². The van der Waals surface area contributed by atoms with Crippen molar-refractivity contribution in [3.05, 3.63) is 59.1 Å². The van der Waals surface area contributed by atoms with Crippen molar-refractivity contribution in [3.63, 3.8) is 0 Å². The van der Waals surface area contributed by atoms with Gasteiger partial charge >= 0.3 is 0 Å². The van der Waals surface area contributed by atoms with Gasteiger partial charge in [0.2, 0.25) is 0 Å². The molecule has 0 saturated heterocycles. The molecule has 0 aliphatic heterocycles. The van der Waals surface area contributed by atoms with E-state index in [1.165, 1.54) is 44.2 Å². The topological polar surface area (TPSA) is 4.93 Å². The van der Waals surface area contributed by atoms with E-state index >= 15 is 0 Å². The molecule has 5 rings (SSSR count). The maximum atomic E-state index is 2.51. The van der Waals surface area contributed by atoms with Crippen LogP contribution in [0.15, 0.2) is 48.5 Å². The molecule has 1 aliphatic carbocycles. The lowest BCUT2D eigenvalue weighted by atomic mass is 9.91. The molecule has 108 valence electrons. The Balaban J connectivity index is 1.98. The van der Waals surface area contributed by atoms with Crippen molar-refractivity contribution in [2.45, 2.75) is 26.3 Å². The van der Waals surface area contributed by atoms with E-state index in [1.54, 1.807) is 4.88 Å². The van der Waals surface area contributed by atoms with Crippen molar-refractivity contribution >= 4 is 32.3 Å². The first-order valence-corrected chi connectivity index (χ1v) is 8.81. The average Bonchev–Trinajstić information content (AvgIpc) is 3.09. The van der Waals surface area contributed by atoms with Gasteiger partial charge in [-0.1, -0.05) is 36.4 Å². The van der Waals surface area contributed by atoms with Crippen LogP contribution >= 0.6 is 11.3 Å². The molecule has 1 aliphatic rings. The molecule has 0 fully saturated rings. The molecule has 2 heterocycles. The molecule has 0 N–H and O–H groups in total. The van der Waals surface area contributed by atoms with Crippen LogP contribution in [0.2, 0.25) is 0 Å². The molecule has 0 radical (unpaired) electrons. The number of aryl methyl sites for hydroxylation is 2. The third-order valence-electron chi connectivity index (χ3n) is 4.90. The Labute approximate surface area is 133 Å². The molecule has 0 saturated carbocycles. The van der Waals surface area contributed by atoms with Gasteiger partial charge in [0.15, 0.2) is 0 Å². The minimum Gasteiger partial charge on any atom is -0.344 e. The van der Waals surface area contributed by atoms with Crippen LogP contribution in [0.5, 0.6) is 0 Å². The number of nitrogens with zero attached hydrogens (tertiary/aromatic N) is 1. The first kappa shape index (κ1) is 12.5. The second-order valence-electron chi connectivity index (χ2n) is 5.98. The Hall–Kier alpha value is -2.06. The van der Waals surface area contributed by atoms with Gasteiger partial charge in [-0.15, -0.1) is 11.3 Å². The highest BCUT2D eigenvalue weighted by molar-refractivity contribution is 7.19. The van der Waals surface area contributed by atoms with Gasteiger partial charge in [-0.05, 0) is 31.9 Å². The van der Waals surface area contributed by atoms with E-state index < -0.39 is 0 Å². The van der Waals surface area contributed by atoms with Gasteiger partial charge < -0.3 is 4.57 Å². The summed E-state index contributed by atoms with van der Waals surface area (Å²) in [4.78, 5) is 1.56. The molecule has 0 unspecified atom stereocenters. The number of hydrogen-bond acceptors (Lipinski definition) is 1. The number of para-hydroxylation sites is 1.